The quantitative estimate of drug-likeness (QED) is 0.457. The van der Waals surface area contributed by atoms with Crippen LogP contribution in [0.15, 0.2) is 23.2 Å². The number of rotatable bonds is 4. The van der Waals surface area contributed by atoms with Crippen molar-refractivity contribution >= 4 is 41.7 Å². The first-order valence-electron chi connectivity index (χ1n) is 6.58. The van der Waals surface area contributed by atoms with Gasteiger partial charge in [0.05, 0.1) is 20.8 Å². The lowest BCUT2D eigenvalue weighted by molar-refractivity contribution is 0.391. The molecule has 7 heteroatoms. The van der Waals surface area contributed by atoms with E-state index in [9.17, 15) is 0 Å². The molecule has 0 aromatic heterocycles. The Morgan fingerprint density at radius 1 is 1.29 bits per heavy atom. The number of benzene rings is 1. The Hall–Kier alpha value is -0.830. The van der Waals surface area contributed by atoms with Gasteiger partial charge in [-0.05, 0) is 12.1 Å². The van der Waals surface area contributed by atoms with Crippen molar-refractivity contribution in [1.82, 2.24) is 4.90 Å². The van der Waals surface area contributed by atoms with Gasteiger partial charge in [0.25, 0.3) is 0 Å². The molecular formula is C14H22IN3O2S. The van der Waals surface area contributed by atoms with E-state index in [1.807, 2.05) is 30.0 Å². The maximum absolute atomic E-state index is 6.05. The molecule has 5 nitrogen and oxygen atoms in total. The van der Waals surface area contributed by atoms with E-state index >= 15 is 0 Å². The smallest absolute Gasteiger partial charge is 0.191 e. The highest BCUT2D eigenvalue weighted by Gasteiger charge is 2.12. The highest BCUT2D eigenvalue weighted by molar-refractivity contribution is 14.0. The van der Waals surface area contributed by atoms with E-state index < -0.39 is 0 Å². The number of ether oxygens (including phenoxy) is 2. The fourth-order valence-electron chi connectivity index (χ4n) is 2.04. The van der Waals surface area contributed by atoms with Crippen LogP contribution in [0.25, 0.3) is 0 Å². The van der Waals surface area contributed by atoms with Crippen LogP contribution in [0, 0.1) is 0 Å². The molecule has 1 aliphatic heterocycles. The second-order valence-electron chi connectivity index (χ2n) is 4.45. The highest BCUT2D eigenvalue weighted by atomic mass is 127. The van der Waals surface area contributed by atoms with E-state index in [0.717, 1.165) is 41.7 Å². The van der Waals surface area contributed by atoms with Gasteiger partial charge in [0.2, 0.25) is 0 Å². The minimum absolute atomic E-state index is 0. The highest BCUT2D eigenvalue weighted by Crippen LogP contribution is 2.25. The average Bonchev–Trinajstić information content (AvgIpc) is 2.53. The first-order chi connectivity index (χ1) is 9.74. The Morgan fingerprint density at radius 2 is 2.00 bits per heavy atom. The zero-order valence-electron chi connectivity index (χ0n) is 12.4. The number of guanidine groups is 1. The van der Waals surface area contributed by atoms with Crippen LogP contribution in [0.5, 0.6) is 11.5 Å². The lowest BCUT2D eigenvalue weighted by Gasteiger charge is -2.27. The van der Waals surface area contributed by atoms with Gasteiger partial charge in [0.1, 0.15) is 11.5 Å². The standard InChI is InChI=1S/C14H21N3O2S.HI/c1-18-12-4-3-11(13(9-12)19-2)10-16-14(15)17-5-7-20-8-6-17;/h3-4,9H,5-8,10H2,1-2H3,(H2,15,16);1H. The lowest BCUT2D eigenvalue weighted by Crippen LogP contribution is -2.42. The molecule has 1 aromatic rings. The fourth-order valence-corrected chi connectivity index (χ4v) is 2.94. The molecule has 0 saturated carbocycles. The van der Waals surface area contributed by atoms with E-state index in [1.54, 1.807) is 14.2 Å². The SMILES string of the molecule is COc1ccc(CN=C(N)N2CCSCC2)c(OC)c1.I. The molecule has 2 rings (SSSR count). The van der Waals surface area contributed by atoms with Crippen molar-refractivity contribution in [3.63, 3.8) is 0 Å². The average molecular weight is 423 g/mol. The van der Waals surface area contributed by atoms with Crippen LogP contribution in [-0.2, 0) is 6.54 Å². The third-order valence-electron chi connectivity index (χ3n) is 3.24. The van der Waals surface area contributed by atoms with E-state index in [-0.39, 0.29) is 24.0 Å². The van der Waals surface area contributed by atoms with Crippen molar-refractivity contribution in [3.05, 3.63) is 23.8 Å². The fraction of sp³-hybridized carbons (Fsp3) is 0.500. The summed E-state index contributed by atoms with van der Waals surface area (Å²) in [6, 6.07) is 5.72. The third-order valence-corrected chi connectivity index (χ3v) is 4.18. The lowest BCUT2D eigenvalue weighted by atomic mass is 10.2. The van der Waals surface area contributed by atoms with Crippen molar-refractivity contribution in [2.45, 2.75) is 6.54 Å². The van der Waals surface area contributed by atoms with Crippen molar-refractivity contribution in [2.75, 3.05) is 38.8 Å². The predicted molar refractivity (Wildman–Crippen MR) is 99.2 cm³/mol. The minimum Gasteiger partial charge on any atom is -0.497 e. The minimum atomic E-state index is 0. The molecule has 0 bridgehead atoms. The summed E-state index contributed by atoms with van der Waals surface area (Å²) in [6.07, 6.45) is 0. The molecular weight excluding hydrogens is 401 g/mol. The molecule has 0 atom stereocenters. The van der Waals surface area contributed by atoms with Crippen LogP contribution in [0.4, 0.5) is 0 Å². The van der Waals surface area contributed by atoms with Gasteiger partial charge in [-0.3, -0.25) is 0 Å². The van der Waals surface area contributed by atoms with Gasteiger partial charge in [-0.1, -0.05) is 0 Å². The topological polar surface area (TPSA) is 60.1 Å². The van der Waals surface area contributed by atoms with Crippen LogP contribution >= 0.6 is 35.7 Å². The Balaban J connectivity index is 0.00000220. The van der Waals surface area contributed by atoms with Crippen molar-refractivity contribution < 1.29 is 9.47 Å². The maximum atomic E-state index is 6.05. The molecule has 0 aliphatic carbocycles. The number of methoxy groups -OCH3 is 2. The number of nitrogens with zero attached hydrogens (tertiary/aromatic N) is 2. The molecule has 1 saturated heterocycles. The van der Waals surface area contributed by atoms with Gasteiger partial charge >= 0.3 is 0 Å². The van der Waals surface area contributed by atoms with Crippen LogP contribution < -0.4 is 15.2 Å². The van der Waals surface area contributed by atoms with Crippen LogP contribution in [-0.4, -0.2) is 49.7 Å². The van der Waals surface area contributed by atoms with Gasteiger partial charge in [0.15, 0.2) is 5.96 Å². The Bertz CT molecular complexity index is 479. The van der Waals surface area contributed by atoms with Crippen molar-refractivity contribution in [3.8, 4) is 11.5 Å². The van der Waals surface area contributed by atoms with Crippen LogP contribution in [0.2, 0.25) is 0 Å². The number of halogens is 1. The first-order valence-corrected chi connectivity index (χ1v) is 7.73. The summed E-state index contributed by atoms with van der Waals surface area (Å²) in [5, 5.41) is 0. The summed E-state index contributed by atoms with van der Waals surface area (Å²) >= 11 is 1.95. The third kappa shape index (κ3) is 5.14. The Kier molecular flexibility index (Phi) is 8.02. The van der Waals surface area contributed by atoms with Gasteiger partial charge < -0.3 is 20.1 Å². The molecule has 2 N–H and O–H groups in total. The second kappa shape index (κ2) is 9.24. The Morgan fingerprint density at radius 3 is 2.62 bits per heavy atom. The number of nitrogens with two attached hydrogens (primary N) is 1. The predicted octanol–water partition coefficient (Wildman–Crippen LogP) is 2.19. The second-order valence-corrected chi connectivity index (χ2v) is 5.68. The molecule has 1 heterocycles. The van der Waals surface area contributed by atoms with Gasteiger partial charge in [-0.2, -0.15) is 11.8 Å². The van der Waals surface area contributed by atoms with Crippen molar-refractivity contribution in [1.29, 1.82) is 0 Å². The van der Waals surface area contributed by atoms with E-state index in [1.165, 1.54) is 0 Å². The zero-order valence-corrected chi connectivity index (χ0v) is 15.5. The molecule has 0 spiro atoms. The molecule has 118 valence electrons. The van der Waals surface area contributed by atoms with E-state index in [0.29, 0.717) is 12.5 Å². The van der Waals surface area contributed by atoms with Crippen LogP contribution in [0.3, 0.4) is 0 Å². The number of thioether (sulfide) groups is 1. The number of hydrogen-bond acceptors (Lipinski definition) is 4. The largest absolute Gasteiger partial charge is 0.497 e. The molecule has 0 amide bonds. The molecule has 0 radical (unpaired) electrons. The van der Waals surface area contributed by atoms with Gasteiger partial charge in [-0.25, -0.2) is 4.99 Å². The summed E-state index contributed by atoms with van der Waals surface area (Å²) in [5.74, 6) is 4.39. The van der Waals surface area contributed by atoms with Gasteiger partial charge in [0, 0.05) is 36.2 Å². The Labute approximate surface area is 147 Å². The summed E-state index contributed by atoms with van der Waals surface area (Å²) in [6.45, 7) is 2.46. The van der Waals surface area contributed by atoms with E-state index in [2.05, 4.69) is 9.89 Å². The summed E-state index contributed by atoms with van der Waals surface area (Å²) < 4.78 is 10.5. The number of hydrogen-bond donors (Lipinski definition) is 1. The normalized spacial score (nSPS) is 15.3. The zero-order chi connectivity index (χ0) is 14.4. The molecule has 21 heavy (non-hydrogen) atoms. The maximum Gasteiger partial charge on any atom is 0.191 e. The molecule has 1 fully saturated rings. The molecule has 0 unspecified atom stereocenters. The molecule has 1 aromatic carbocycles. The first kappa shape index (κ1) is 18.2. The monoisotopic (exact) mass is 423 g/mol. The molecule has 1 aliphatic rings. The van der Waals surface area contributed by atoms with E-state index in [4.69, 9.17) is 15.2 Å². The summed E-state index contributed by atoms with van der Waals surface area (Å²) in [7, 11) is 3.28. The number of aliphatic imine (C=N–C) groups is 1. The van der Waals surface area contributed by atoms with Gasteiger partial charge in [-0.15, -0.1) is 24.0 Å². The van der Waals surface area contributed by atoms with Crippen molar-refractivity contribution in [2.24, 2.45) is 10.7 Å². The van der Waals surface area contributed by atoms with Crippen LogP contribution in [0.1, 0.15) is 5.56 Å². The summed E-state index contributed by atoms with van der Waals surface area (Å²) in [5.41, 5.74) is 7.05. The summed E-state index contributed by atoms with van der Waals surface area (Å²) in [4.78, 5) is 6.60.